The fourth-order valence-corrected chi connectivity index (χ4v) is 0.780. The van der Waals surface area contributed by atoms with Gasteiger partial charge in [0.15, 0.2) is 0 Å². The maximum absolute atomic E-state index is 4.32. The van der Waals surface area contributed by atoms with Crippen molar-refractivity contribution >= 4 is 5.71 Å². The number of nitrogens with zero attached hydrogens (tertiary/aromatic N) is 2. The lowest BCUT2D eigenvalue weighted by Crippen LogP contribution is -2.07. The molecule has 2 nitrogen and oxygen atoms in total. The molecule has 0 rings (SSSR count). The Bertz CT molecular complexity index is 241. The standard InChI is InChI=1S/C11H20N2/c1-9(2)12-10(3)7-8-11(4)13(5)6/h7-8H,1-6H3. The van der Waals surface area contributed by atoms with Crippen molar-refractivity contribution in [2.24, 2.45) is 4.99 Å². The van der Waals surface area contributed by atoms with E-state index in [0.717, 1.165) is 11.4 Å². The molecule has 0 aromatic rings. The molecular weight excluding hydrogens is 160 g/mol. The highest BCUT2D eigenvalue weighted by Crippen LogP contribution is 2.01. The normalized spacial score (nSPS) is 12.8. The molecule has 74 valence electrons. The molecule has 0 bridgehead atoms. The van der Waals surface area contributed by atoms with Crippen LogP contribution in [0.5, 0.6) is 0 Å². The Morgan fingerprint density at radius 2 is 1.54 bits per heavy atom. The molecule has 0 aliphatic carbocycles. The summed E-state index contributed by atoms with van der Waals surface area (Å²) in [6, 6.07) is 0. The summed E-state index contributed by atoms with van der Waals surface area (Å²) in [5, 5.41) is 0. The number of rotatable bonds is 3. The summed E-state index contributed by atoms with van der Waals surface area (Å²) in [4.78, 5) is 6.40. The molecule has 0 heterocycles. The number of aliphatic imine (C=N–C) groups is 1. The fourth-order valence-electron chi connectivity index (χ4n) is 0.780. The van der Waals surface area contributed by atoms with Crippen molar-refractivity contribution in [3.8, 4) is 0 Å². The first-order chi connectivity index (χ1) is 5.93. The van der Waals surface area contributed by atoms with E-state index < -0.39 is 0 Å². The average Bonchev–Trinajstić information content (AvgIpc) is 1.98. The van der Waals surface area contributed by atoms with Gasteiger partial charge in [0, 0.05) is 31.2 Å². The van der Waals surface area contributed by atoms with Gasteiger partial charge in [-0.2, -0.15) is 0 Å². The largest absolute Gasteiger partial charge is 0.381 e. The van der Waals surface area contributed by atoms with Gasteiger partial charge in [-0.05, 0) is 39.8 Å². The van der Waals surface area contributed by atoms with Crippen molar-refractivity contribution in [2.45, 2.75) is 27.7 Å². The molecule has 0 saturated heterocycles. The first kappa shape index (κ1) is 11.9. The third-order valence-corrected chi connectivity index (χ3v) is 1.67. The van der Waals surface area contributed by atoms with Crippen LogP contribution in [0.1, 0.15) is 27.7 Å². The van der Waals surface area contributed by atoms with Gasteiger partial charge in [0.1, 0.15) is 0 Å². The lowest BCUT2D eigenvalue weighted by molar-refractivity contribution is 0.514. The summed E-state index contributed by atoms with van der Waals surface area (Å²) in [6.07, 6.45) is 4.10. The molecule has 0 aromatic heterocycles. The van der Waals surface area contributed by atoms with Crippen molar-refractivity contribution in [3.63, 3.8) is 0 Å². The highest BCUT2D eigenvalue weighted by atomic mass is 15.1. The van der Waals surface area contributed by atoms with E-state index in [1.807, 2.05) is 40.9 Å². The van der Waals surface area contributed by atoms with Gasteiger partial charge in [0.05, 0.1) is 0 Å². The highest BCUT2D eigenvalue weighted by molar-refractivity contribution is 5.80. The van der Waals surface area contributed by atoms with E-state index in [-0.39, 0.29) is 0 Å². The van der Waals surface area contributed by atoms with Crippen LogP contribution in [0.25, 0.3) is 0 Å². The number of hydrogen-bond acceptors (Lipinski definition) is 2. The fraction of sp³-hybridized carbons (Fsp3) is 0.545. The first-order valence-electron chi connectivity index (χ1n) is 4.48. The molecule has 0 fully saturated rings. The van der Waals surface area contributed by atoms with Crippen molar-refractivity contribution < 1.29 is 0 Å². The second-order valence-corrected chi connectivity index (χ2v) is 3.57. The van der Waals surface area contributed by atoms with Gasteiger partial charge < -0.3 is 4.90 Å². The predicted molar refractivity (Wildman–Crippen MR) is 60.0 cm³/mol. The Hall–Kier alpha value is -1.05. The van der Waals surface area contributed by atoms with E-state index in [1.54, 1.807) is 0 Å². The van der Waals surface area contributed by atoms with Gasteiger partial charge in [0.2, 0.25) is 0 Å². The number of hydrogen-bond donors (Lipinski definition) is 0. The smallest absolute Gasteiger partial charge is 0.0372 e. The molecule has 0 aliphatic heterocycles. The zero-order chi connectivity index (χ0) is 10.4. The second-order valence-electron chi connectivity index (χ2n) is 3.57. The van der Waals surface area contributed by atoms with E-state index in [0.29, 0.717) is 0 Å². The maximum atomic E-state index is 4.32. The minimum atomic E-state index is 1.04. The molecule has 0 spiro atoms. The van der Waals surface area contributed by atoms with Crippen LogP contribution in [0.4, 0.5) is 0 Å². The van der Waals surface area contributed by atoms with Crippen LogP contribution >= 0.6 is 0 Å². The van der Waals surface area contributed by atoms with Gasteiger partial charge in [-0.25, -0.2) is 0 Å². The summed E-state index contributed by atoms with van der Waals surface area (Å²) in [6.45, 7) is 8.08. The van der Waals surface area contributed by atoms with Crippen molar-refractivity contribution in [1.82, 2.24) is 4.90 Å². The van der Waals surface area contributed by atoms with Crippen LogP contribution < -0.4 is 0 Å². The molecule has 0 aromatic carbocycles. The Morgan fingerprint density at radius 3 is 1.92 bits per heavy atom. The quantitative estimate of drug-likeness (QED) is 0.481. The van der Waals surface area contributed by atoms with Gasteiger partial charge >= 0.3 is 0 Å². The summed E-state index contributed by atoms with van der Waals surface area (Å²) >= 11 is 0. The molecule has 0 N–H and O–H groups in total. The van der Waals surface area contributed by atoms with E-state index in [2.05, 4.69) is 22.9 Å². The highest BCUT2D eigenvalue weighted by Gasteiger charge is 1.88. The van der Waals surface area contributed by atoms with Crippen molar-refractivity contribution in [1.29, 1.82) is 0 Å². The molecular formula is C11H20N2. The van der Waals surface area contributed by atoms with Crippen LogP contribution in [0.3, 0.4) is 0 Å². The van der Waals surface area contributed by atoms with Crippen molar-refractivity contribution in [3.05, 3.63) is 23.5 Å². The Balaban J connectivity index is 4.42. The van der Waals surface area contributed by atoms with Crippen LogP contribution in [0.15, 0.2) is 28.5 Å². The average molecular weight is 180 g/mol. The van der Waals surface area contributed by atoms with Gasteiger partial charge in [-0.3, -0.25) is 4.99 Å². The SMILES string of the molecule is CC(=CC=C(C)N(C)C)N=C(C)C. The Morgan fingerprint density at radius 1 is 1.00 bits per heavy atom. The van der Waals surface area contributed by atoms with Crippen LogP contribution in [-0.2, 0) is 0 Å². The van der Waals surface area contributed by atoms with E-state index in [9.17, 15) is 0 Å². The first-order valence-corrected chi connectivity index (χ1v) is 4.48. The minimum absolute atomic E-state index is 1.04. The van der Waals surface area contributed by atoms with Crippen molar-refractivity contribution in [2.75, 3.05) is 14.1 Å². The summed E-state index contributed by atoms with van der Waals surface area (Å²) in [7, 11) is 4.06. The molecule has 0 saturated carbocycles. The van der Waals surface area contributed by atoms with Crippen LogP contribution in [0.2, 0.25) is 0 Å². The summed E-state index contributed by atoms with van der Waals surface area (Å²) in [5.74, 6) is 0. The second kappa shape index (κ2) is 5.57. The minimum Gasteiger partial charge on any atom is -0.381 e. The predicted octanol–water partition coefficient (Wildman–Crippen LogP) is 2.84. The zero-order valence-electron chi connectivity index (χ0n) is 9.55. The van der Waals surface area contributed by atoms with Gasteiger partial charge in [-0.1, -0.05) is 0 Å². The van der Waals surface area contributed by atoms with Crippen LogP contribution in [-0.4, -0.2) is 24.7 Å². The van der Waals surface area contributed by atoms with Crippen LogP contribution in [0, 0.1) is 0 Å². The third-order valence-electron chi connectivity index (χ3n) is 1.67. The molecule has 0 amide bonds. The monoisotopic (exact) mass is 180 g/mol. The maximum Gasteiger partial charge on any atom is 0.0372 e. The third kappa shape index (κ3) is 6.14. The summed E-state index contributed by atoms with van der Waals surface area (Å²) < 4.78 is 0. The molecule has 13 heavy (non-hydrogen) atoms. The molecule has 2 heteroatoms. The Labute approximate surface area is 81.7 Å². The van der Waals surface area contributed by atoms with E-state index >= 15 is 0 Å². The van der Waals surface area contributed by atoms with Gasteiger partial charge in [-0.15, -0.1) is 0 Å². The van der Waals surface area contributed by atoms with E-state index in [1.165, 1.54) is 5.70 Å². The number of allylic oxidation sites excluding steroid dienone is 4. The Kier molecular flexibility index (Phi) is 5.12. The molecule has 0 atom stereocenters. The van der Waals surface area contributed by atoms with Gasteiger partial charge in [0.25, 0.3) is 0 Å². The lowest BCUT2D eigenvalue weighted by Gasteiger charge is -2.11. The van der Waals surface area contributed by atoms with E-state index in [4.69, 9.17) is 0 Å². The lowest BCUT2D eigenvalue weighted by atomic mass is 10.3. The topological polar surface area (TPSA) is 15.6 Å². The molecule has 0 radical (unpaired) electrons. The molecule has 0 unspecified atom stereocenters. The molecule has 0 aliphatic rings. The zero-order valence-corrected chi connectivity index (χ0v) is 9.55. The summed E-state index contributed by atoms with van der Waals surface area (Å²) in [5.41, 5.74) is 3.36.